The number of nitrogens with one attached hydrogen (secondary N) is 2. The Morgan fingerprint density at radius 2 is 2.35 bits per heavy atom. The molecule has 0 spiro atoms. The Hall–Kier alpha value is -0.610. The number of hydrogen-bond donors (Lipinski definition) is 2. The number of unbranched alkanes of at least 4 members (excludes halogenated alkanes) is 1. The van der Waals surface area contributed by atoms with Gasteiger partial charge in [0.05, 0.1) is 0 Å². The number of hydrogen-bond acceptors (Lipinski definition) is 3. The average molecular weight is 242 g/mol. The van der Waals surface area contributed by atoms with Crippen LogP contribution in [0.25, 0.3) is 0 Å². The number of carbonyl (C=O) groups is 1. The Morgan fingerprint density at radius 1 is 1.59 bits per heavy atom. The van der Waals surface area contributed by atoms with Crippen molar-refractivity contribution in [2.75, 3.05) is 19.7 Å². The van der Waals surface area contributed by atoms with E-state index in [2.05, 4.69) is 24.5 Å². The van der Waals surface area contributed by atoms with E-state index < -0.39 is 0 Å². The van der Waals surface area contributed by atoms with Crippen molar-refractivity contribution in [3.05, 3.63) is 0 Å². The summed E-state index contributed by atoms with van der Waals surface area (Å²) in [7, 11) is 0. The van der Waals surface area contributed by atoms with Gasteiger partial charge in [0.1, 0.15) is 6.10 Å². The Balaban J connectivity index is 2.26. The third kappa shape index (κ3) is 5.04. The predicted octanol–water partition coefficient (Wildman–Crippen LogP) is 1.31. The van der Waals surface area contributed by atoms with E-state index in [0.717, 1.165) is 32.4 Å². The van der Waals surface area contributed by atoms with Crippen molar-refractivity contribution in [3.63, 3.8) is 0 Å². The number of amides is 1. The van der Waals surface area contributed by atoms with Gasteiger partial charge < -0.3 is 15.4 Å². The van der Waals surface area contributed by atoms with Gasteiger partial charge in [0.2, 0.25) is 5.91 Å². The minimum Gasteiger partial charge on any atom is -0.369 e. The number of ether oxygens (including phenoxy) is 1. The topological polar surface area (TPSA) is 50.4 Å². The van der Waals surface area contributed by atoms with Crippen LogP contribution >= 0.6 is 0 Å². The summed E-state index contributed by atoms with van der Waals surface area (Å²) in [5.74, 6) is 0.560. The molecule has 0 radical (unpaired) electrons. The molecule has 0 aliphatic carbocycles. The summed E-state index contributed by atoms with van der Waals surface area (Å²) in [6.07, 6.45) is 2.89. The van der Waals surface area contributed by atoms with Crippen LogP contribution in [0.2, 0.25) is 0 Å². The molecule has 4 nitrogen and oxygen atoms in total. The van der Waals surface area contributed by atoms with Gasteiger partial charge in [0, 0.05) is 19.2 Å². The van der Waals surface area contributed by atoms with Gasteiger partial charge >= 0.3 is 0 Å². The van der Waals surface area contributed by atoms with Gasteiger partial charge in [-0.2, -0.15) is 0 Å². The Labute approximate surface area is 104 Å². The summed E-state index contributed by atoms with van der Waals surface area (Å²) in [5, 5.41) is 6.38. The molecule has 1 aliphatic rings. The van der Waals surface area contributed by atoms with Crippen LogP contribution in [-0.4, -0.2) is 37.7 Å². The van der Waals surface area contributed by atoms with Gasteiger partial charge in [0.15, 0.2) is 0 Å². The SMILES string of the molecule is CCCCOC(C)C(=O)NC1CNCCC1C. The zero-order valence-electron chi connectivity index (χ0n) is 11.3. The molecule has 3 atom stereocenters. The van der Waals surface area contributed by atoms with Gasteiger partial charge in [-0.25, -0.2) is 0 Å². The average Bonchev–Trinajstić information content (AvgIpc) is 2.32. The molecular weight excluding hydrogens is 216 g/mol. The zero-order valence-corrected chi connectivity index (χ0v) is 11.3. The lowest BCUT2D eigenvalue weighted by Gasteiger charge is -2.31. The highest BCUT2D eigenvalue weighted by molar-refractivity contribution is 5.80. The molecule has 1 fully saturated rings. The summed E-state index contributed by atoms with van der Waals surface area (Å²) in [4.78, 5) is 11.9. The highest BCUT2D eigenvalue weighted by atomic mass is 16.5. The third-order valence-electron chi connectivity index (χ3n) is 3.39. The van der Waals surface area contributed by atoms with Crippen molar-refractivity contribution < 1.29 is 9.53 Å². The van der Waals surface area contributed by atoms with Gasteiger partial charge in [-0.05, 0) is 32.2 Å². The molecule has 1 heterocycles. The van der Waals surface area contributed by atoms with Crippen LogP contribution in [0.5, 0.6) is 0 Å². The first-order chi connectivity index (χ1) is 8.15. The van der Waals surface area contributed by atoms with Crippen molar-refractivity contribution in [3.8, 4) is 0 Å². The minimum atomic E-state index is -0.337. The molecule has 17 heavy (non-hydrogen) atoms. The van der Waals surface area contributed by atoms with E-state index in [4.69, 9.17) is 4.74 Å². The molecule has 0 saturated carbocycles. The van der Waals surface area contributed by atoms with Gasteiger partial charge in [-0.15, -0.1) is 0 Å². The minimum absolute atomic E-state index is 0.0154. The highest BCUT2D eigenvalue weighted by Crippen LogP contribution is 2.11. The molecule has 1 amide bonds. The molecule has 100 valence electrons. The van der Waals surface area contributed by atoms with E-state index in [1.54, 1.807) is 0 Å². The Bertz CT molecular complexity index is 233. The van der Waals surface area contributed by atoms with Crippen LogP contribution in [0.4, 0.5) is 0 Å². The van der Waals surface area contributed by atoms with Crippen LogP contribution in [0.1, 0.15) is 40.0 Å². The lowest BCUT2D eigenvalue weighted by atomic mass is 9.95. The van der Waals surface area contributed by atoms with Crippen molar-refractivity contribution >= 4 is 5.91 Å². The number of carbonyl (C=O) groups excluding carboxylic acids is 1. The molecule has 0 bridgehead atoms. The van der Waals surface area contributed by atoms with Crippen molar-refractivity contribution in [2.24, 2.45) is 5.92 Å². The zero-order chi connectivity index (χ0) is 12.7. The van der Waals surface area contributed by atoms with Crippen molar-refractivity contribution in [1.82, 2.24) is 10.6 Å². The summed E-state index contributed by atoms with van der Waals surface area (Å²) in [5.41, 5.74) is 0. The molecular formula is C13H26N2O2. The van der Waals surface area contributed by atoms with Gasteiger partial charge in [-0.1, -0.05) is 20.3 Å². The second-order valence-electron chi connectivity index (χ2n) is 4.95. The van der Waals surface area contributed by atoms with E-state index in [-0.39, 0.29) is 18.1 Å². The van der Waals surface area contributed by atoms with E-state index in [0.29, 0.717) is 12.5 Å². The first-order valence-electron chi connectivity index (χ1n) is 6.77. The van der Waals surface area contributed by atoms with Crippen LogP contribution in [-0.2, 0) is 9.53 Å². The fourth-order valence-corrected chi connectivity index (χ4v) is 1.96. The maximum absolute atomic E-state index is 11.9. The normalized spacial score (nSPS) is 26.5. The van der Waals surface area contributed by atoms with Crippen LogP contribution < -0.4 is 10.6 Å². The summed E-state index contributed by atoms with van der Waals surface area (Å²) >= 11 is 0. The van der Waals surface area contributed by atoms with Crippen LogP contribution in [0.15, 0.2) is 0 Å². The Morgan fingerprint density at radius 3 is 3.00 bits per heavy atom. The lowest BCUT2D eigenvalue weighted by Crippen LogP contribution is -2.52. The lowest BCUT2D eigenvalue weighted by molar-refractivity contribution is -0.133. The van der Waals surface area contributed by atoms with E-state index in [9.17, 15) is 4.79 Å². The van der Waals surface area contributed by atoms with Crippen LogP contribution in [0, 0.1) is 5.92 Å². The smallest absolute Gasteiger partial charge is 0.249 e. The molecule has 1 rings (SSSR count). The molecule has 2 N–H and O–H groups in total. The van der Waals surface area contributed by atoms with Crippen molar-refractivity contribution in [2.45, 2.75) is 52.2 Å². The predicted molar refractivity (Wildman–Crippen MR) is 68.9 cm³/mol. The summed E-state index contributed by atoms with van der Waals surface area (Å²) in [6, 6.07) is 0.244. The molecule has 1 saturated heterocycles. The summed E-state index contributed by atoms with van der Waals surface area (Å²) < 4.78 is 5.49. The largest absolute Gasteiger partial charge is 0.369 e. The second kappa shape index (κ2) is 7.67. The molecule has 4 heteroatoms. The van der Waals surface area contributed by atoms with Gasteiger partial charge in [-0.3, -0.25) is 4.79 Å². The molecule has 0 aromatic carbocycles. The van der Waals surface area contributed by atoms with E-state index >= 15 is 0 Å². The first-order valence-corrected chi connectivity index (χ1v) is 6.77. The van der Waals surface area contributed by atoms with Crippen LogP contribution in [0.3, 0.4) is 0 Å². The molecule has 3 unspecified atom stereocenters. The molecule has 0 aromatic rings. The highest BCUT2D eigenvalue weighted by Gasteiger charge is 2.24. The quantitative estimate of drug-likeness (QED) is 0.690. The third-order valence-corrected chi connectivity index (χ3v) is 3.39. The maximum atomic E-state index is 11.9. The van der Waals surface area contributed by atoms with Crippen molar-refractivity contribution in [1.29, 1.82) is 0 Å². The van der Waals surface area contributed by atoms with E-state index in [1.807, 2.05) is 6.92 Å². The fraction of sp³-hybridized carbons (Fsp3) is 0.923. The number of piperidine rings is 1. The molecule has 1 aliphatic heterocycles. The first kappa shape index (κ1) is 14.5. The fourth-order valence-electron chi connectivity index (χ4n) is 1.96. The number of rotatable bonds is 6. The van der Waals surface area contributed by atoms with Gasteiger partial charge in [0.25, 0.3) is 0 Å². The standard InChI is InChI=1S/C13H26N2O2/c1-4-5-8-17-11(3)13(16)15-12-9-14-7-6-10(12)2/h10-12,14H,4-9H2,1-3H3,(H,15,16). The summed E-state index contributed by atoms with van der Waals surface area (Å²) in [6.45, 7) is 8.72. The molecule has 0 aromatic heterocycles. The Kier molecular flexibility index (Phi) is 6.52. The maximum Gasteiger partial charge on any atom is 0.249 e. The van der Waals surface area contributed by atoms with E-state index in [1.165, 1.54) is 0 Å². The second-order valence-corrected chi connectivity index (χ2v) is 4.95. The monoisotopic (exact) mass is 242 g/mol.